The van der Waals surface area contributed by atoms with Crippen molar-refractivity contribution in [1.29, 1.82) is 0 Å². The maximum absolute atomic E-state index is 11.1. The van der Waals surface area contributed by atoms with Crippen LogP contribution in [0.4, 0.5) is 0 Å². The summed E-state index contributed by atoms with van der Waals surface area (Å²) in [6.45, 7) is 2.65. The molecule has 0 aliphatic heterocycles. The van der Waals surface area contributed by atoms with Crippen molar-refractivity contribution in [3.63, 3.8) is 0 Å². The van der Waals surface area contributed by atoms with Crippen molar-refractivity contribution >= 4 is 11.9 Å². The fraction of sp³-hybridized carbons (Fsp3) is 0.750. The lowest BCUT2D eigenvalue weighted by molar-refractivity contribution is -0.146. The molecule has 0 aliphatic carbocycles. The lowest BCUT2D eigenvalue weighted by atomic mass is 10.3. The molecule has 0 spiro atoms. The van der Waals surface area contributed by atoms with E-state index >= 15 is 0 Å². The first kappa shape index (κ1) is 10.9. The molecule has 0 aromatic carbocycles. The van der Waals surface area contributed by atoms with Crippen LogP contribution >= 0.6 is 0 Å². The van der Waals surface area contributed by atoms with Crippen LogP contribution in [0.3, 0.4) is 0 Å². The molecule has 0 aliphatic rings. The number of ether oxygens (including phenoxy) is 1. The fourth-order valence-corrected chi connectivity index (χ4v) is 0.791. The van der Waals surface area contributed by atoms with Crippen molar-refractivity contribution in [2.75, 3.05) is 20.7 Å². The molecule has 0 N–H and O–H groups in total. The second-order valence-corrected chi connectivity index (χ2v) is 2.57. The minimum absolute atomic E-state index is 0.160. The predicted molar refractivity (Wildman–Crippen MR) is 44.6 cm³/mol. The third-order valence-electron chi connectivity index (χ3n) is 1.51. The van der Waals surface area contributed by atoms with E-state index in [1.807, 2.05) is 6.92 Å². The van der Waals surface area contributed by atoms with Crippen LogP contribution in [0.15, 0.2) is 0 Å². The maximum atomic E-state index is 11.1. The van der Waals surface area contributed by atoms with E-state index in [-0.39, 0.29) is 12.3 Å². The van der Waals surface area contributed by atoms with Crippen LogP contribution in [0.2, 0.25) is 0 Å². The van der Waals surface area contributed by atoms with Crippen LogP contribution in [0, 0.1) is 0 Å². The molecular weight excluding hydrogens is 158 g/mol. The van der Waals surface area contributed by atoms with Gasteiger partial charge in [0, 0.05) is 13.6 Å². The molecule has 0 rings (SSSR count). The van der Waals surface area contributed by atoms with Crippen LogP contribution in [-0.4, -0.2) is 37.5 Å². The van der Waals surface area contributed by atoms with Gasteiger partial charge in [0.05, 0.1) is 7.11 Å². The Bertz CT molecular complexity index is 168. The summed E-state index contributed by atoms with van der Waals surface area (Å²) in [5.74, 6) is -0.674. The number of rotatable bonds is 4. The van der Waals surface area contributed by atoms with E-state index in [1.165, 1.54) is 12.0 Å². The molecular formula is C8H15NO3. The Balaban J connectivity index is 3.78. The second-order valence-electron chi connectivity index (χ2n) is 2.57. The number of hydrogen-bond acceptors (Lipinski definition) is 3. The van der Waals surface area contributed by atoms with E-state index in [2.05, 4.69) is 4.74 Å². The first-order chi connectivity index (χ1) is 5.61. The van der Waals surface area contributed by atoms with Gasteiger partial charge in [0.25, 0.3) is 0 Å². The van der Waals surface area contributed by atoms with E-state index in [9.17, 15) is 9.59 Å². The number of esters is 1. The van der Waals surface area contributed by atoms with Gasteiger partial charge in [-0.05, 0) is 6.42 Å². The minimum Gasteiger partial charge on any atom is -0.469 e. The third-order valence-corrected chi connectivity index (χ3v) is 1.51. The highest BCUT2D eigenvalue weighted by atomic mass is 16.5. The van der Waals surface area contributed by atoms with Gasteiger partial charge in [-0.25, -0.2) is 0 Å². The monoisotopic (exact) mass is 173 g/mol. The summed E-state index contributed by atoms with van der Waals surface area (Å²) in [4.78, 5) is 23.3. The predicted octanol–water partition coefficient (Wildman–Crippen LogP) is 0.418. The Morgan fingerprint density at radius 1 is 1.42 bits per heavy atom. The summed E-state index contributed by atoms with van der Waals surface area (Å²) in [6, 6.07) is 0. The van der Waals surface area contributed by atoms with Gasteiger partial charge < -0.3 is 9.64 Å². The van der Waals surface area contributed by atoms with Crippen molar-refractivity contribution in [2.45, 2.75) is 19.8 Å². The number of carbonyl (C=O) groups excluding carboxylic acids is 2. The largest absolute Gasteiger partial charge is 0.469 e. The zero-order valence-electron chi connectivity index (χ0n) is 7.79. The number of nitrogens with zero attached hydrogens (tertiary/aromatic N) is 1. The van der Waals surface area contributed by atoms with Crippen molar-refractivity contribution in [2.24, 2.45) is 0 Å². The first-order valence-electron chi connectivity index (χ1n) is 3.92. The summed E-state index contributed by atoms with van der Waals surface area (Å²) in [6.07, 6.45) is 0.733. The Hall–Kier alpha value is -1.06. The molecule has 0 aromatic rings. The Labute approximate surface area is 72.5 Å². The van der Waals surface area contributed by atoms with E-state index < -0.39 is 5.97 Å². The highest BCUT2D eigenvalue weighted by Crippen LogP contribution is 1.93. The molecule has 0 unspecified atom stereocenters. The number of methoxy groups -OCH3 is 1. The van der Waals surface area contributed by atoms with Gasteiger partial charge in [0.1, 0.15) is 6.42 Å². The molecule has 0 atom stereocenters. The van der Waals surface area contributed by atoms with Gasteiger partial charge in [-0.2, -0.15) is 0 Å². The average molecular weight is 173 g/mol. The van der Waals surface area contributed by atoms with Gasteiger partial charge in [-0.1, -0.05) is 6.92 Å². The van der Waals surface area contributed by atoms with Gasteiger partial charge in [-0.15, -0.1) is 0 Å². The summed E-state index contributed by atoms with van der Waals surface area (Å²) in [7, 11) is 2.95. The quantitative estimate of drug-likeness (QED) is 0.457. The van der Waals surface area contributed by atoms with E-state index in [1.54, 1.807) is 7.05 Å². The Kier molecular flexibility index (Phi) is 5.08. The minimum atomic E-state index is -0.483. The molecule has 70 valence electrons. The molecule has 12 heavy (non-hydrogen) atoms. The van der Waals surface area contributed by atoms with E-state index in [0.29, 0.717) is 6.54 Å². The summed E-state index contributed by atoms with van der Waals surface area (Å²) in [5, 5.41) is 0. The van der Waals surface area contributed by atoms with E-state index in [0.717, 1.165) is 6.42 Å². The van der Waals surface area contributed by atoms with Crippen LogP contribution < -0.4 is 0 Å². The molecule has 0 fully saturated rings. The summed E-state index contributed by atoms with van der Waals surface area (Å²) < 4.78 is 4.36. The molecule has 0 heterocycles. The van der Waals surface area contributed by atoms with Gasteiger partial charge in [-0.3, -0.25) is 9.59 Å². The zero-order chi connectivity index (χ0) is 9.56. The average Bonchev–Trinajstić information content (AvgIpc) is 2.04. The summed E-state index contributed by atoms with van der Waals surface area (Å²) >= 11 is 0. The van der Waals surface area contributed by atoms with Gasteiger partial charge in [0.2, 0.25) is 5.91 Å². The molecule has 0 saturated carbocycles. The van der Waals surface area contributed by atoms with Crippen molar-refractivity contribution in [1.82, 2.24) is 4.90 Å². The second kappa shape index (κ2) is 5.57. The molecule has 0 aromatic heterocycles. The summed E-state index contributed by atoms with van der Waals surface area (Å²) in [5.41, 5.74) is 0. The van der Waals surface area contributed by atoms with Crippen LogP contribution in [0.1, 0.15) is 19.8 Å². The third kappa shape index (κ3) is 3.95. The molecule has 4 heteroatoms. The highest BCUT2D eigenvalue weighted by Gasteiger charge is 2.12. The molecule has 1 amide bonds. The van der Waals surface area contributed by atoms with Crippen molar-refractivity contribution < 1.29 is 14.3 Å². The maximum Gasteiger partial charge on any atom is 0.315 e. The van der Waals surface area contributed by atoms with E-state index in [4.69, 9.17) is 0 Å². The lowest BCUT2D eigenvalue weighted by Crippen LogP contribution is -2.29. The topological polar surface area (TPSA) is 46.6 Å². The highest BCUT2D eigenvalue weighted by molar-refractivity contribution is 5.94. The SMILES string of the molecule is CCCN(C)C(=O)CC(=O)OC. The van der Waals surface area contributed by atoms with Crippen molar-refractivity contribution in [3.8, 4) is 0 Å². The zero-order valence-corrected chi connectivity index (χ0v) is 7.79. The smallest absolute Gasteiger partial charge is 0.315 e. The van der Waals surface area contributed by atoms with Crippen molar-refractivity contribution in [3.05, 3.63) is 0 Å². The molecule has 0 radical (unpaired) electrons. The van der Waals surface area contributed by atoms with Crippen LogP contribution in [-0.2, 0) is 14.3 Å². The number of hydrogen-bond donors (Lipinski definition) is 0. The van der Waals surface area contributed by atoms with Gasteiger partial charge in [0.15, 0.2) is 0 Å². The standard InChI is InChI=1S/C8H15NO3/c1-4-5-9(2)7(10)6-8(11)12-3/h4-6H2,1-3H3. The lowest BCUT2D eigenvalue weighted by Gasteiger charge is -2.14. The fourth-order valence-electron chi connectivity index (χ4n) is 0.791. The van der Waals surface area contributed by atoms with Crippen LogP contribution in [0.25, 0.3) is 0 Å². The first-order valence-corrected chi connectivity index (χ1v) is 3.92. The Morgan fingerprint density at radius 2 is 2.00 bits per heavy atom. The number of carbonyl (C=O) groups is 2. The Morgan fingerprint density at radius 3 is 2.42 bits per heavy atom. The molecule has 0 saturated heterocycles. The van der Waals surface area contributed by atoms with Crippen LogP contribution in [0.5, 0.6) is 0 Å². The molecule has 0 bridgehead atoms. The number of amides is 1. The normalized spacial score (nSPS) is 9.25. The molecule has 4 nitrogen and oxygen atoms in total. The van der Waals surface area contributed by atoms with Gasteiger partial charge >= 0.3 is 5.97 Å².